The molecule has 1 atom stereocenters. The number of anilines is 2. The van der Waals surface area contributed by atoms with Gasteiger partial charge in [0.15, 0.2) is 11.6 Å². The molecule has 0 bridgehead atoms. The van der Waals surface area contributed by atoms with Gasteiger partial charge in [0.25, 0.3) is 0 Å². The first kappa shape index (κ1) is 24.2. The Morgan fingerprint density at radius 3 is 2.61 bits per heavy atom. The van der Waals surface area contributed by atoms with E-state index >= 15 is 0 Å². The summed E-state index contributed by atoms with van der Waals surface area (Å²) in [6, 6.07) is 7.44. The average molecular weight is 493 g/mol. The van der Waals surface area contributed by atoms with Crippen molar-refractivity contribution < 1.29 is 8.78 Å². The van der Waals surface area contributed by atoms with Crippen LogP contribution in [0, 0.1) is 18.6 Å². The number of hydrogen-bond donors (Lipinski definition) is 2. The zero-order valence-corrected chi connectivity index (χ0v) is 20.9. The zero-order valence-electron chi connectivity index (χ0n) is 20.9. The number of aromatic nitrogens is 5. The van der Waals surface area contributed by atoms with Gasteiger partial charge in [0.2, 0.25) is 5.95 Å². The summed E-state index contributed by atoms with van der Waals surface area (Å²) >= 11 is 0. The third-order valence-electron chi connectivity index (χ3n) is 6.61. The van der Waals surface area contributed by atoms with E-state index in [-0.39, 0.29) is 23.2 Å². The fourth-order valence-electron chi connectivity index (χ4n) is 4.86. The summed E-state index contributed by atoms with van der Waals surface area (Å²) in [7, 11) is 2.00. The molecule has 1 aliphatic heterocycles. The molecule has 10 heteroatoms. The van der Waals surface area contributed by atoms with Gasteiger partial charge in [0.1, 0.15) is 22.9 Å². The zero-order chi connectivity index (χ0) is 25.4. The molecule has 0 saturated carbocycles. The number of rotatable bonds is 7. The Bertz CT molecular complexity index is 1380. The number of hydrogen-bond acceptors (Lipinski definition) is 7. The topological polar surface area (TPSA) is 83.8 Å². The average Bonchev–Trinajstić information content (AvgIpc) is 3.45. The molecule has 0 amide bonds. The van der Waals surface area contributed by atoms with Gasteiger partial charge in [-0.1, -0.05) is 6.07 Å². The number of nitrogens with one attached hydrogen (secondary N) is 2. The van der Waals surface area contributed by atoms with Gasteiger partial charge >= 0.3 is 0 Å². The third-order valence-corrected chi connectivity index (χ3v) is 6.61. The van der Waals surface area contributed by atoms with E-state index in [4.69, 9.17) is 0 Å². The van der Waals surface area contributed by atoms with Gasteiger partial charge in [-0.05, 0) is 58.0 Å². The highest BCUT2D eigenvalue weighted by atomic mass is 19.1. The number of likely N-dealkylation sites (tertiary alicyclic amines) is 1. The first-order valence-corrected chi connectivity index (χ1v) is 12.1. The normalized spacial score (nSPS) is 16.4. The Hall–Kier alpha value is -3.50. The number of pyridine rings is 1. The summed E-state index contributed by atoms with van der Waals surface area (Å²) in [5.74, 6) is 0.259. The molecule has 5 rings (SSSR count). The SMILES string of the molecule is CNC1CCN(Cc2ccc(Nc3ncc(F)c(-c4cc(F)c5nc(C)n(C(C)C)c5c4)n3)nc2)C1. The van der Waals surface area contributed by atoms with Crippen molar-refractivity contribution >= 4 is 22.8 Å². The second-order valence-electron chi connectivity index (χ2n) is 9.52. The Morgan fingerprint density at radius 2 is 1.92 bits per heavy atom. The quantitative estimate of drug-likeness (QED) is 0.390. The van der Waals surface area contributed by atoms with Crippen molar-refractivity contribution in [1.82, 2.24) is 34.7 Å². The van der Waals surface area contributed by atoms with Crippen LogP contribution in [0.15, 0.2) is 36.7 Å². The molecule has 1 fully saturated rings. The van der Waals surface area contributed by atoms with E-state index in [0.717, 1.165) is 37.8 Å². The monoisotopic (exact) mass is 492 g/mol. The van der Waals surface area contributed by atoms with Crippen molar-refractivity contribution in [3.63, 3.8) is 0 Å². The predicted octanol–water partition coefficient (Wildman–Crippen LogP) is 4.59. The highest BCUT2D eigenvalue weighted by Crippen LogP contribution is 2.30. The molecule has 0 aliphatic carbocycles. The first-order chi connectivity index (χ1) is 17.3. The molecule has 1 aliphatic rings. The van der Waals surface area contributed by atoms with Crippen LogP contribution in [0.2, 0.25) is 0 Å². The van der Waals surface area contributed by atoms with Gasteiger partial charge in [-0.2, -0.15) is 0 Å². The highest BCUT2D eigenvalue weighted by Gasteiger charge is 2.21. The number of fused-ring (bicyclic) bond motifs is 1. The van der Waals surface area contributed by atoms with Gasteiger partial charge in [-0.3, -0.25) is 4.90 Å². The van der Waals surface area contributed by atoms with Crippen LogP contribution in [0.3, 0.4) is 0 Å². The molecule has 1 saturated heterocycles. The molecule has 2 N–H and O–H groups in total. The molecule has 1 unspecified atom stereocenters. The van der Waals surface area contributed by atoms with Crippen molar-refractivity contribution in [1.29, 1.82) is 0 Å². The van der Waals surface area contributed by atoms with Gasteiger partial charge in [0.05, 0.1) is 11.7 Å². The summed E-state index contributed by atoms with van der Waals surface area (Å²) in [5, 5.41) is 6.35. The van der Waals surface area contributed by atoms with E-state index in [0.29, 0.717) is 28.8 Å². The minimum absolute atomic E-state index is 0.00667. The molecule has 8 nitrogen and oxygen atoms in total. The number of likely N-dealkylation sites (N-methyl/N-ethyl adjacent to an activating group) is 1. The lowest BCUT2D eigenvalue weighted by Gasteiger charge is -2.16. The van der Waals surface area contributed by atoms with Crippen LogP contribution in [-0.2, 0) is 6.54 Å². The van der Waals surface area contributed by atoms with Crippen molar-refractivity contribution in [3.8, 4) is 11.3 Å². The maximum absolute atomic E-state index is 14.9. The van der Waals surface area contributed by atoms with Gasteiger partial charge in [0, 0.05) is 43.5 Å². The molecular formula is C26H30F2N8. The second-order valence-corrected chi connectivity index (χ2v) is 9.52. The predicted molar refractivity (Wildman–Crippen MR) is 136 cm³/mol. The lowest BCUT2D eigenvalue weighted by molar-refractivity contribution is 0.322. The number of halogens is 2. The van der Waals surface area contributed by atoms with Gasteiger partial charge in [-0.25, -0.2) is 28.7 Å². The summed E-state index contributed by atoms with van der Waals surface area (Å²) in [6.45, 7) is 8.73. The fourth-order valence-corrected chi connectivity index (χ4v) is 4.86. The van der Waals surface area contributed by atoms with Crippen molar-refractivity contribution in [2.45, 2.75) is 45.8 Å². The molecule has 0 spiro atoms. The molecule has 0 radical (unpaired) electrons. The lowest BCUT2D eigenvalue weighted by atomic mass is 10.1. The van der Waals surface area contributed by atoms with Crippen LogP contribution in [0.5, 0.6) is 0 Å². The molecular weight excluding hydrogens is 462 g/mol. The molecule has 188 valence electrons. The van der Waals surface area contributed by atoms with E-state index in [1.165, 1.54) is 6.07 Å². The van der Waals surface area contributed by atoms with Crippen molar-refractivity contribution in [3.05, 3.63) is 59.7 Å². The van der Waals surface area contributed by atoms with Crippen molar-refractivity contribution in [2.75, 3.05) is 25.5 Å². The van der Waals surface area contributed by atoms with E-state index in [9.17, 15) is 8.78 Å². The first-order valence-electron chi connectivity index (χ1n) is 12.1. The smallest absolute Gasteiger partial charge is 0.229 e. The van der Waals surface area contributed by atoms with Crippen LogP contribution in [0.1, 0.15) is 37.7 Å². The Labute approximate surface area is 208 Å². The maximum atomic E-state index is 14.9. The molecule has 4 heterocycles. The van der Waals surface area contributed by atoms with E-state index < -0.39 is 11.6 Å². The van der Waals surface area contributed by atoms with Gasteiger partial charge in [-0.15, -0.1) is 0 Å². The summed E-state index contributed by atoms with van der Waals surface area (Å²) in [5.41, 5.74) is 2.29. The molecule has 1 aromatic carbocycles. The summed E-state index contributed by atoms with van der Waals surface area (Å²) in [4.78, 5) is 19.6. The second kappa shape index (κ2) is 9.87. The molecule has 36 heavy (non-hydrogen) atoms. The van der Waals surface area contributed by atoms with E-state index in [1.807, 2.05) is 50.7 Å². The van der Waals surface area contributed by atoms with Gasteiger partial charge < -0.3 is 15.2 Å². The standard InChI is InChI=1S/C26H30F2N8/c1-15(2)36-16(3)32-25-20(27)9-18(10-22(25)36)24-21(28)12-31-26(34-24)33-23-6-5-17(11-30-23)13-35-8-7-19(14-35)29-4/h5-6,9-12,15,19,29H,7-8,13-14H2,1-4H3,(H,30,31,33,34). The fraction of sp³-hybridized carbons (Fsp3) is 0.385. The Balaban J connectivity index is 1.38. The summed E-state index contributed by atoms with van der Waals surface area (Å²) < 4.78 is 31.6. The van der Waals surface area contributed by atoms with E-state index in [1.54, 1.807) is 6.07 Å². The minimum Gasteiger partial charge on any atom is -0.326 e. The van der Waals surface area contributed by atoms with Crippen LogP contribution in [-0.4, -0.2) is 55.6 Å². The van der Waals surface area contributed by atoms with Crippen LogP contribution < -0.4 is 10.6 Å². The third kappa shape index (κ3) is 4.78. The number of benzene rings is 1. The van der Waals surface area contributed by atoms with Crippen LogP contribution >= 0.6 is 0 Å². The molecule has 4 aromatic rings. The lowest BCUT2D eigenvalue weighted by Crippen LogP contribution is -2.29. The molecule has 3 aromatic heterocycles. The van der Waals surface area contributed by atoms with Crippen LogP contribution in [0.25, 0.3) is 22.3 Å². The number of nitrogens with zero attached hydrogens (tertiary/aromatic N) is 6. The Kier molecular flexibility index (Phi) is 6.63. The number of imidazole rings is 1. The van der Waals surface area contributed by atoms with Crippen LogP contribution in [0.4, 0.5) is 20.5 Å². The summed E-state index contributed by atoms with van der Waals surface area (Å²) in [6.07, 6.45) is 4.04. The number of aryl methyl sites for hydroxylation is 1. The maximum Gasteiger partial charge on any atom is 0.229 e. The van der Waals surface area contributed by atoms with E-state index in [2.05, 4.69) is 35.5 Å². The van der Waals surface area contributed by atoms with Crippen molar-refractivity contribution in [2.24, 2.45) is 0 Å². The highest BCUT2D eigenvalue weighted by molar-refractivity contribution is 5.83. The largest absolute Gasteiger partial charge is 0.326 e. The Morgan fingerprint density at radius 1 is 1.08 bits per heavy atom. The minimum atomic E-state index is -0.638.